The van der Waals surface area contributed by atoms with Crippen LogP contribution in [0, 0.1) is 0 Å². The molecular weight excluding hydrogens is 683 g/mol. The van der Waals surface area contributed by atoms with Crippen molar-refractivity contribution in [2.24, 2.45) is 0 Å². The van der Waals surface area contributed by atoms with E-state index in [4.69, 9.17) is 14.4 Å². The molecule has 0 saturated heterocycles. The molecule has 0 amide bonds. The summed E-state index contributed by atoms with van der Waals surface area (Å²) < 4.78 is 8.63. The van der Waals surface area contributed by atoms with Crippen molar-refractivity contribution in [3.05, 3.63) is 188 Å². The van der Waals surface area contributed by atoms with Crippen molar-refractivity contribution < 1.29 is 4.42 Å². The monoisotopic (exact) mass is 713 g/mol. The predicted molar refractivity (Wildman–Crippen MR) is 232 cm³/mol. The maximum absolute atomic E-state index is 6.38. The van der Waals surface area contributed by atoms with Crippen molar-refractivity contribution in [2.75, 3.05) is 0 Å². The predicted octanol–water partition coefficient (Wildman–Crippen LogP) is 13.9. The first-order valence-corrected chi connectivity index (χ1v) is 19.0. The van der Waals surface area contributed by atoms with E-state index < -0.39 is 0 Å². The van der Waals surface area contributed by atoms with Crippen LogP contribution < -0.4 is 0 Å². The Morgan fingerprint density at radius 1 is 0.357 bits per heavy atom. The Morgan fingerprint density at radius 2 is 0.964 bits per heavy atom. The van der Waals surface area contributed by atoms with Gasteiger partial charge in [-0.2, -0.15) is 0 Å². The summed E-state index contributed by atoms with van der Waals surface area (Å²) in [6, 6.07) is 66.8. The van der Waals surface area contributed by atoms with Crippen LogP contribution in [0.25, 0.3) is 116 Å². The van der Waals surface area contributed by atoms with Crippen LogP contribution in [-0.4, -0.2) is 14.5 Å². The van der Waals surface area contributed by atoms with Gasteiger partial charge < -0.3 is 4.42 Å². The zero-order valence-electron chi connectivity index (χ0n) is 30.1. The van der Waals surface area contributed by atoms with E-state index in [1.54, 1.807) is 0 Å². The standard InChI is InChI=1S/C52H31N3O/c1-2-10-32(11-3-1)33-18-20-34(21-19-33)38-23-25-46-44(29-38)50-40-15-7-6-12-35(40)22-26-47(50)55(46)52-53-45-17-9-8-16-41(45)51(54-52)39-24-27-48-42(30-39)43-28-36-13-4-5-14-37(36)31-49(43)56-48/h1-31H. The summed E-state index contributed by atoms with van der Waals surface area (Å²) in [6.07, 6.45) is 0. The lowest BCUT2D eigenvalue weighted by molar-refractivity contribution is 0.669. The molecule has 0 aliphatic rings. The second-order valence-electron chi connectivity index (χ2n) is 14.6. The highest BCUT2D eigenvalue weighted by molar-refractivity contribution is 6.22. The van der Waals surface area contributed by atoms with Crippen molar-refractivity contribution in [1.29, 1.82) is 0 Å². The molecule has 3 heterocycles. The van der Waals surface area contributed by atoms with E-state index in [0.717, 1.165) is 66.1 Å². The maximum Gasteiger partial charge on any atom is 0.235 e. The minimum atomic E-state index is 0.636. The molecule has 4 heteroatoms. The zero-order valence-corrected chi connectivity index (χ0v) is 30.1. The molecule has 0 N–H and O–H groups in total. The molecule has 0 radical (unpaired) electrons. The number of aromatic nitrogens is 3. The molecular formula is C52H31N3O. The summed E-state index contributed by atoms with van der Waals surface area (Å²) in [6.45, 7) is 0. The van der Waals surface area contributed by atoms with Gasteiger partial charge in [0.15, 0.2) is 0 Å². The highest BCUT2D eigenvalue weighted by atomic mass is 16.3. The molecule has 0 fully saturated rings. The largest absolute Gasteiger partial charge is 0.456 e. The molecule has 12 rings (SSSR count). The number of para-hydroxylation sites is 1. The van der Waals surface area contributed by atoms with Gasteiger partial charge in [0.2, 0.25) is 5.95 Å². The van der Waals surface area contributed by atoms with E-state index in [2.05, 4.69) is 193 Å². The number of hydrogen-bond acceptors (Lipinski definition) is 3. The van der Waals surface area contributed by atoms with E-state index in [1.165, 1.54) is 43.6 Å². The third-order valence-corrected chi connectivity index (χ3v) is 11.4. The summed E-state index contributed by atoms with van der Waals surface area (Å²) in [5.74, 6) is 0.636. The lowest BCUT2D eigenvalue weighted by atomic mass is 9.98. The maximum atomic E-state index is 6.38. The number of hydrogen-bond donors (Lipinski definition) is 0. The Kier molecular flexibility index (Phi) is 6.60. The number of fused-ring (bicyclic) bond motifs is 10. The molecule has 0 saturated carbocycles. The van der Waals surface area contributed by atoms with Gasteiger partial charge in [-0.1, -0.05) is 133 Å². The summed E-state index contributed by atoms with van der Waals surface area (Å²) in [5, 5.41) is 10.3. The van der Waals surface area contributed by atoms with Crippen LogP contribution in [0.2, 0.25) is 0 Å². The van der Waals surface area contributed by atoms with Gasteiger partial charge >= 0.3 is 0 Å². The van der Waals surface area contributed by atoms with Crippen LogP contribution in [0.1, 0.15) is 0 Å². The van der Waals surface area contributed by atoms with Crippen molar-refractivity contribution in [1.82, 2.24) is 14.5 Å². The summed E-state index contributed by atoms with van der Waals surface area (Å²) >= 11 is 0. The van der Waals surface area contributed by atoms with Crippen LogP contribution in [-0.2, 0) is 0 Å². The van der Waals surface area contributed by atoms with Crippen molar-refractivity contribution in [2.45, 2.75) is 0 Å². The topological polar surface area (TPSA) is 43.9 Å². The molecule has 56 heavy (non-hydrogen) atoms. The average Bonchev–Trinajstić information content (AvgIpc) is 3.80. The fraction of sp³-hybridized carbons (Fsp3) is 0. The molecule has 0 aliphatic heterocycles. The highest BCUT2D eigenvalue weighted by Gasteiger charge is 2.20. The Labute approximate surface area is 321 Å². The molecule has 12 aromatic rings. The second-order valence-corrected chi connectivity index (χ2v) is 14.6. The average molecular weight is 714 g/mol. The first-order chi connectivity index (χ1) is 27.7. The first kappa shape index (κ1) is 30.9. The van der Waals surface area contributed by atoms with Crippen LogP contribution in [0.4, 0.5) is 0 Å². The number of benzene rings is 9. The molecule has 260 valence electrons. The summed E-state index contributed by atoms with van der Waals surface area (Å²) in [7, 11) is 0. The Morgan fingerprint density at radius 3 is 1.80 bits per heavy atom. The molecule has 0 unspecified atom stereocenters. The van der Waals surface area contributed by atoms with Gasteiger partial charge in [0.25, 0.3) is 0 Å². The van der Waals surface area contributed by atoms with E-state index in [-0.39, 0.29) is 0 Å². The Bertz CT molecular complexity index is 3520. The second kappa shape index (κ2) is 12.0. The number of rotatable bonds is 4. The fourth-order valence-electron chi connectivity index (χ4n) is 8.67. The third-order valence-electron chi connectivity index (χ3n) is 11.4. The molecule has 0 spiro atoms. The highest BCUT2D eigenvalue weighted by Crippen LogP contribution is 2.40. The number of furan rings is 1. The Hall–Kier alpha value is -7.56. The van der Waals surface area contributed by atoms with Crippen LogP contribution in [0.5, 0.6) is 0 Å². The van der Waals surface area contributed by atoms with Crippen LogP contribution in [0.3, 0.4) is 0 Å². The van der Waals surface area contributed by atoms with E-state index in [1.807, 2.05) is 0 Å². The Balaban J connectivity index is 1.08. The molecule has 0 atom stereocenters. The van der Waals surface area contributed by atoms with Crippen LogP contribution >= 0.6 is 0 Å². The smallest absolute Gasteiger partial charge is 0.235 e. The molecule has 9 aromatic carbocycles. The van der Waals surface area contributed by atoms with Gasteiger partial charge in [-0.25, -0.2) is 9.97 Å². The molecule has 0 bridgehead atoms. The van der Waals surface area contributed by atoms with Gasteiger partial charge in [-0.05, 0) is 98.4 Å². The quantitative estimate of drug-likeness (QED) is 0.182. The molecule has 3 aromatic heterocycles. The molecule has 0 aliphatic carbocycles. The van der Waals surface area contributed by atoms with Gasteiger partial charge in [0.1, 0.15) is 11.2 Å². The first-order valence-electron chi connectivity index (χ1n) is 19.0. The fourth-order valence-corrected chi connectivity index (χ4v) is 8.67. The van der Waals surface area contributed by atoms with Crippen molar-refractivity contribution >= 4 is 76.2 Å². The van der Waals surface area contributed by atoms with Crippen LogP contribution in [0.15, 0.2) is 192 Å². The van der Waals surface area contributed by atoms with Gasteiger partial charge in [0, 0.05) is 32.5 Å². The van der Waals surface area contributed by atoms with E-state index in [0.29, 0.717) is 5.95 Å². The van der Waals surface area contributed by atoms with Gasteiger partial charge in [-0.15, -0.1) is 0 Å². The van der Waals surface area contributed by atoms with Gasteiger partial charge in [0.05, 0.1) is 22.2 Å². The normalized spacial score (nSPS) is 11.9. The van der Waals surface area contributed by atoms with Gasteiger partial charge in [-0.3, -0.25) is 4.57 Å². The minimum absolute atomic E-state index is 0.636. The lowest BCUT2D eigenvalue weighted by Crippen LogP contribution is -2.03. The SMILES string of the molecule is c1ccc(-c2ccc(-c3ccc4c(c3)c3c5ccccc5ccc3n4-c3nc(-c4ccc5oc6cc7ccccc7cc6c5c4)c4ccccc4n3)cc2)cc1. The summed E-state index contributed by atoms with van der Waals surface area (Å²) in [5.41, 5.74) is 11.4. The zero-order chi connectivity index (χ0) is 36.7. The van der Waals surface area contributed by atoms with Crippen molar-refractivity contribution in [3.63, 3.8) is 0 Å². The molecule has 4 nitrogen and oxygen atoms in total. The number of nitrogens with zero attached hydrogens (tertiary/aromatic N) is 3. The lowest BCUT2D eigenvalue weighted by Gasteiger charge is -2.12. The van der Waals surface area contributed by atoms with E-state index in [9.17, 15) is 0 Å². The summed E-state index contributed by atoms with van der Waals surface area (Å²) in [4.78, 5) is 10.7. The minimum Gasteiger partial charge on any atom is -0.456 e. The van der Waals surface area contributed by atoms with Crippen molar-refractivity contribution in [3.8, 4) is 39.5 Å². The third kappa shape index (κ3) is 4.73. The van der Waals surface area contributed by atoms with E-state index >= 15 is 0 Å².